The lowest BCUT2D eigenvalue weighted by Gasteiger charge is -2.10. The summed E-state index contributed by atoms with van der Waals surface area (Å²) in [5, 5.41) is 4.02. The number of nitrogens with zero attached hydrogens (tertiary/aromatic N) is 3. The Labute approximate surface area is 145 Å². The second-order valence-electron chi connectivity index (χ2n) is 5.95. The highest BCUT2D eigenvalue weighted by Crippen LogP contribution is 2.21. The third-order valence-electron chi connectivity index (χ3n) is 4.13. The van der Waals surface area contributed by atoms with Crippen molar-refractivity contribution in [3.8, 4) is 0 Å². The highest BCUT2D eigenvalue weighted by molar-refractivity contribution is 5.84. The van der Waals surface area contributed by atoms with Crippen LogP contribution in [0.4, 0.5) is 11.9 Å². The first-order valence-corrected chi connectivity index (χ1v) is 8.09. The Morgan fingerprint density at radius 3 is 2.64 bits per heavy atom. The van der Waals surface area contributed by atoms with Crippen LogP contribution < -0.4 is 10.9 Å². The summed E-state index contributed by atoms with van der Waals surface area (Å²) in [5.74, 6) is 0.738. The largest absolute Gasteiger partial charge is 0.384 e. The predicted molar refractivity (Wildman–Crippen MR) is 97.5 cm³/mol. The molecule has 0 unspecified atom stereocenters. The van der Waals surface area contributed by atoms with Gasteiger partial charge in [0.2, 0.25) is 11.9 Å². The van der Waals surface area contributed by atoms with Gasteiger partial charge in [0.1, 0.15) is 0 Å². The number of benzene rings is 1. The highest BCUT2D eigenvalue weighted by atomic mass is 16.5. The number of anilines is 2. The maximum Gasteiger partial charge on any atom is 0.255 e. The fourth-order valence-electron chi connectivity index (χ4n) is 2.78. The van der Waals surface area contributed by atoms with E-state index in [0.29, 0.717) is 36.2 Å². The number of hydrogen-bond acceptors (Lipinski definition) is 6. The average Bonchev–Trinajstić information content (AvgIpc) is 2.55. The lowest BCUT2D eigenvalue weighted by Crippen LogP contribution is -2.20. The Morgan fingerprint density at radius 2 is 1.92 bits per heavy atom. The normalized spacial score (nSPS) is 11.0. The van der Waals surface area contributed by atoms with Gasteiger partial charge in [-0.1, -0.05) is 18.2 Å². The number of hydrogen-bond donors (Lipinski definition) is 2. The maximum absolute atomic E-state index is 12.3. The first kappa shape index (κ1) is 17.0. The van der Waals surface area contributed by atoms with Crippen molar-refractivity contribution in [2.75, 3.05) is 19.0 Å². The quantitative estimate of drug-likeness (QED) is 0.742. The van der Waals surface area contributed by atoms with Crippen molar-refractivity contribution in [3.05, 3.63) is 51.1 Å². The van der Waals surface area contributed by atoms with Gasteiger partial charge < -0.3 is 4.74 Å². The van der Waals surface area contributed by atoms with Gasteiger partial charge in [-0.05, 0) is 26.3 Å². The van der Waals surface area contributed by atoms with E-state index in [9.17, 15) is 4.79 Å². The number of nitrogens with one attached hydrogen (secondary N) is 2. The molecule has 0 bridgehead atoms. The molecule has 0 amide bonds. The first-order chi connectivity index (χ1) is 12.0. The van der Waals surface area contributed by atoms with E-state index in [1.165, 1.54) is 0 Å². The third-order valence-corrected chi connectivity index (χ3v) is 4.13. The number of aromatic nitrogens is 4. The molecule has 0 aliphatic heterocycles. The van der Waals surface area contributed by atoms with Crippen LogP contribution in [-0.4, -0.2) is 33.7 Å². The molecule has 2 aromatic heterocycles. The minimum absolute atomic E-state index is 0.180. The standard InChI is InChI=1S/C18H21N5O2/c1-10-6-5-7-13-11(2)19-17(21-15(10)13)23-18-20-12(3)14(8-9-25-4)16(24)22-18/h5-7H,8-9H2,1-4H3,(H2,19,20,21,22,23,24). The zero-order valence-corrected chi connectivity index (χ0v) is 14.8. The number of fused-ring (bicyclic) bond motifs is 1. The van der Waals surface area contributed by atoms with E-state index in [0.717, 1.165) is 22.2 Å². The van der Waals surface area contributed by atoms with E-state index in [1.807, 2.05) is 39.0 Å². The van der Waals surface area contributed by atoms with Crippen molar-refractivity contribution in [1.82, 2.24) is 19.9 Å². The van der Waals surface area contributed by atoms with Gasteiger partial charge >= 0.3 is 0 Å². The summed E-state index contributed by atoms with van der Waals surface area (Å²) in [6, 6.07) is 5.99. The highest BCUT2D eigenvalue weighted by Gasteiger charge is 2.11. The molecule has 0 saturated carbocycles. The first-order valence-electron chi connectivity index (χ1n) is 8.09. The van der Waals surface area contributed by atoms with Crippen molar-refractivity contribution < 1.29 is 4.74 Å². The van der Waals surface area contributed by atoms with Crippen LogP contribution >= 0.6 is 0 Å². The van der Waals surface area contributed by atoms with Crippen LogP contribution in [0.15, 0.2) is 23.0 Å². The maximum atomic E-state index is 12.3. The molecule has 0 atom stereocenters. The molecule has 7 nitrogen and oxygen atoms in total. The van der Waals surface area contributed by atoms with Gasteiger partial charge in [-0.2, -0.15) is 0 Å². The van der Waals surface area contributed by atoms with Crippen LogP contribution in [0.5, 0.6) is 0 Å². The van der Waals surface area contributed by atoms with E-state index in [2.05, 4.69) is 25.3 Å². The molecular formula is C18H21N5O2. The van der Waals surface area contributed by atoms with Crippen molar-refractivity contribution in [1.29, 1.82) is 0 Å². The predicted octanol–water partition coefficient (Wildman–Crippen LogP) is 2.57. The SMILES string of the molecule is COCCc1c(C)nc(Nc2nc(C)c3cccc(C)c3n2)[nH]c1=O. The summed E-state index contributed by atoms with van der Waals surface area (Å²) in [6.07, 6.45) is 0.524. The van der Waals surface area contributed by atoms with Gasteiger partial charge in [0.05, 0.1) is 23.5 Å². The monoisotopic (exact) mass is 339 g/mol. The molecule has 7 heteroatoms. The van der Waals surface area contributed by atoms with Crippen LogP contribution in [0.25, 0.3) is 10.9 Å². The summed E-state index contributed by atoms with van der Waals surface area (Å²) >= 11 is 0. The molecule has 2 heterocycles. The van der Waals surface area contributed by atoms with Crippen LogP contribution in [-0.2, 0) is 11.2 Å². The van der Waals surface area contributed by atoms with Gasteiger partial charge in [0.15, 0.2) is 0 Å². The molecule has 0 aliphatic rings. The lowest BCUT2D eigenvalue weighted by molar-refractivity contribution is 0.202. The number of aromatic amines is 1. The summed E-state index contributed by atoms with van der Waals surface area (Å²) in [4.78, 5) is 28.4. The minimum atomic E-state index is -0.180. The van der Waals surface area contributed by atoms with E-state index in [4.69, 9.17) is 4.74 Å². The Hall–Kier alpha value is -2.80. The Balaban J connectivity index is 1.96. The van der Waals surface area contributed by atoms with E-state index >= 15 is 0 Å². The van der Waals surface area contributed by atoms with Crippen LogP contribution in [0.2, 0.25) is 0 Å². The molecule has 25 heavy (non-hydrogen) atoms. The van der Waals surface area contributed by atoms with E-state index in [1.54, 1.807) is 7.11 Å². The van der Waals surface area contributed by atoms with Crippen molar-refractivity contribution in [3.63, 3.8) is 0 Å². The average molecular weight is 339 g/mol. The molecule has 130 valence electrons. The minimum Gasteiger partial charge on any atom is -0.384 e. The Kier molecular flexibility index (Phi) is 4.76. The topological polar surface area (TPSA) is 92.8 Å². The molecule has 0 spiro atoms. The Morgan fingerprint density at radius 1 is 1.12 bits per heavy atom. The van der Waals surface area contributed by atoms with E-state index < -0.39 is 0 Å². The Bertz CT molecular complexity index is 981. The number of rotatable bonds is 5. The van der Waals surface area contributed by atoms with E-state index in [-0.39, 0.29) is 5.56 Å². The lowest BCUT2D eigenvalue weighted by atomic mass is 10.1. The van der Waals surface area contributed by atoms with Crippen molar-refractivity contribution >= 4 is 22.8 Å². The van der Waals surface area contributed by atoms with Gasteiger partial charge in [-0.3, -0.25) is 15.1 Å². The molecule has 3 rings (SSSR count). The molecule has 2 N–H and O–H groups in total. The molecular weight excluding hydrogens is 318 g/mol. The van der Waals surface area contributed by atoms with Crippen LogP contribution in [0.1, 0.15) is 22.5 Å². The van der Waals surface area contributed by atoms with Crippen molar-refractivity contribution in [2.45, 2.75) is 27.2 Å². The summed E-state index contributed by atoms with van der Waals surface area (Å²) in [7, 11) is 1.61. The number of para-hydroxylation sites is 1. The fourth-order valence-corrected chi connectivity index (χ4v) is 2.78. The molecule has 0 saturated heterocycles. The van der Waals surface area contributed by atoms with Crippen LogP contribution in [0.3, 0.4) is 0 Å². The summed E-state index contributed by atoms with van der Waals surface area (Å²) in [5.41, 5.74) is 3.93. The summed E-state index contributed by atoms with van der Waals surface area (Å²) < 4.78 is 5.03. The van der Waals surface area contributed by atoms with Gasteiger partial charge in [-0.15, -0.1) is 0 Å². The fraction of sp³-hybridized carbons (Fsp3) is 0.333. The van der Waals surface area contributed by atoms with Crippen LogP contribution in [0, 0.1) is 20.8 Å². The second-order valence-corrected chi connectivity index (χ2v) is 5.95. The molecule has 0 radical (unpaired) electrons. The molecule has 0 aliphatic carbocycles. The molecule has 3 aromatic rings. The molecule has 1 aromatic carbocycles. The zero-order chi connectivity index (χ0) is 18.0. The second kappa shape index (κ2) is 6.98. The number of aryl methyl sites for hydroxylation is 3. The zero-order valence-electron chi connectivity index (χ0n) is 14.8. The molecule has 0 fully saturated rings. The van der Waals surface area contributed by atoms with Gasteiger partial charge in [0.25, 0.3) is 5.56 Å². The third kappa shape index (κ3) is 3.51. The van der Waals surface area contributed by atoms with Gasteiger partial charge in [-0.25, -0.2) is 15.0 Å². The smallest absolute Gasteiger partial charge is 0.255 e. The summed E-state index contributed by atoms with van der Waals surface area (Å²) in [6.45, 7) is 6.23. The van der Waals surface area contributed by atoms with Gasteiger partial charge in [0, 0.05) is 24.5 Å². The number of ether oxygens (including phenoxy) is 1. The van der Waals surface area contributed by atoms with Crippen molar-refractivity contribution in [2.24, 2.45) is 0 Å². The number of methoxy groups -OCH3 is 1. The number of H-pyrrole nitrogens is 1.